The van der Waals surface area contributed by atoms with Crippen molar-refractivity contribution in [3.05, 3.63) is 30.1 Å². The van der Waals surface area contributed by atoms with E-state index >= 15 is 0 Å². The lowest BCUT2D eigenvalue weighted by atomic mass is 10.3. The van der Waals surface area contributed by atoms with Crippen LogP contribution in [0, 0.1) is 0 Å². The van der Waals surface area contributed by atoms with Crippen molar-refractivity contribution in [2.24, 2.45) is 4.99 Å². The van der Waals surface area contributed by atoms with Crippen molar-refractivity contribution in [1.82, 2.24) is 20.5 Å². The molecule has 6 heteroatoms. The van der Waals surface area contributed by atoms with Crippen LogP contribution >= 0.6 is 0 Å². The normalized spacial score (nSPS) is 20.3. The molecule has 0 aromatic carbocycles. The number of rotatable bonds is 5. The van der Waals surface area contributed by atoms with Gasteiger partial charge in [-0.25, -0.2) is 4.99 Å². The second-order valence-electron chi connectivity index (χ2n) is 5.15. The molecule has 1 aromatic rings. The van der Waals surface area contributed by atoms with Gasteiger partial charge in [-0.05, 0) is 26.1 Å². The number of ether oxygens (including phenoxy) is 1. The fraction of sp³-hybridized carbons (Fsp3) is 0.600. The molecule has 0 bridgehead atoms. The zero-order valence-electron chi connectivity index (χ0n) is 12.9. The monoisotopic (exact) mass is 291 g/mol. The van der Waals surface area contributed by atoms with Crippen LogP contribution in [0.4, 0.5) is 0 Å². The first-order valence-electron chi connectivity index (χ1n) is 7.50. The Morgan fingerprint density at radius 2 is 2.38 bits per heavy atom. The number of aromatic nitrogens is 1. The number of morpholine rings is 1. The summed E-state index contributed by atoms with van der Waals surface area (Å²) in [6.45, 7) is 6.98. The van der Waals surface area contributed by atoms with Crippen molar-refractivity contribution in [2.75, 3.05) is 39.8 Å². The first kappa shape index (κ1) is 15.7. The van der Waals surface area contributed by atoms with Gasteiger partial charge in [0, 0.05) is 32.4 Å². The molecule has 2 N–H and O–H groups in total. The lowest BCUT2D eigenvalue weighted by molar-refractivity contribution is -0.0161. The Morgan fingerprint density at radius 1 is 1.48 bits per heavy atom. The molecule has 0 aliphatic carbocycles. The number of aliphatic imine (C=N–C) groups is 1. The molecule has 0 spiro atoms. The van der Waals surface area contributed by atoms with Crippen LogP contribution in [0.25, 0.3) is 0 Å². The van der Waals surface area contributed by atoms with Crippen molar-refractivity contribution in [2.45, 2.75) is 19.6 Å². The highest BCUT2D eigenvalue weighted by Crippen LogP contribution is 2.01. The van der Waals surface area contributed by atoms with Crippen LogP contribution in [0.2, 0.25) is 0 Å². The van der Waals surface area contributed by atoms with Crippen molar-refractivity contribution in [1.29, 1.82) is 0 Å². The van der Waals surface area contributed by atoms with Crippen molar-refractivity contribution < 1.29 is 4.74 Å². The van der Waals surface area contributed by atoms with Gasteiger partial charge in [0.15, 0.2) is 5.96 Å². The van der Waals surface area contributed by atoms with Gasteiger partial charge in [-0.15, -0.1) is 0 Å². The van der Waals surface area contributed by atoms with E-state index in [1.807, 2.05) is 18.2 Å². The van der Waals surface area contributed by atoms with Gasteiger partial charge in [0.05, 0.1) is 24.9 Å². The lowest BCUT2D eigenvalue weighted by Gasteiger charge is -2.30. The van der Waals surface area contributed by atoms with E-state index in [-0.39, 0.29) is 6.10 Å². The highest BCUT2D eigenvalue weighted by Gasteiger charge is 2.17. The van der Waals surface area contributed by atoms with Crippen LogP contribution in [-0.4, -0.2) is 61.8 Å². The van der Waals surface area contributed by atoms with Gasteiger partial charge in [0.25, 0.3) is 0 Å². The van der Waals surface area contributed by atoms with Crippen LogP contribution < -0.4 is 10.6 Å². The summed E-state index contributed by atoms with van der Waals surface area (Å²) >= 11 is 0. The Hall–Kier alpha value is -1.66. The molecule has 116 valence electrons. The maximum absolute atomic E-state index is 5.74. The largest absolute Gasteiger partial charge is 0.374 e. The predicted molar refractivity (Wildman–Crippen MR) is 84.3 cm³/mol. The Kier molecular flexibility index (Phi) is 6.43. The minimum Gasteiger partial charge on any atom is -0.374 e. The maximum Gasteiger partial charge on any atom is 0.191 e. The van der Waals surface area contributed by atoms with Gasteiger partial charge >= 0.3 is 0 Å². The standard InChI is InChI=1S/C15H25N5O/c1-3-16-15(18-10-13-6-4-5-7-17-13)19-11-14-12-20(2)8-9-21-14/h4-7,14H,3,8-12H2,1-2H3,(H2,16,18,19). The molecular formula is C15H25N5O. The zero-order chi connectivity index (χ0) is 14.9. The maximum atomic E-state index is 5.74. The summed E-state index contributed by atoms with van der Waals surface area (Å²) < 4.78 is 5.74. The summed E-state index contributed by atoms with van der Waals surface area (Å²) in [5.74, 6) is 0.806. The first-order valence-corrected chi connectivity index (χ1v) is 7.50. The zero-order valence-corrected chi connectivity index (χ0v) is 12.9. The summed E-state index contributed by atoms with van der Waals surface area (Å²) in [7, 11) is 2.12. The van der Waals surface area contributed by atoms with E-state index in [2.05, 4.69) is 39.5 Å². The molecule has 2 heterocycles. The third kappa shape index (κ3) is 5.69. The average Bonchev–Trinajstić information content (AvgIpc) is 2.51. The molecule has 0 amide bonds. The van der Waals surface area contributed by atoms with E-state index in [4.69, 9.17) is 4.74 Å². The van der Waals surface area contributed by atoms with Gasteiger partial charge in [0.1, 0.15) is 0 Å². The van der Waals surface area contributed by atoms with Gasteiger partial charge in [-0.2, -0.15) is 0 Å². The van der Waals surface area contributed by atoms with Crippen LogP contribution in [0.3, 0.4) is 0 Å². The summed E-state index contributed by atoms with van der Waals surface area (Å²) in [5, 5.41) is 6.59. The molecule has 0 radical (unpaired) electrons. The third-order valence-corrected chi connectivity index (χ3v) is 3.31. The Balaban J connectivity index is 1.83. The van der Waals surface area contributed by atoms with E-state index in [1.54, 1.807) is 6.20 Å². The second kappa shape index (κ2) is 8.59. The van der Waals surface area contributed by atoms with E-state index in [0.29, 0.717) is 6.54 Å². The van der Waals surface area contributed by atoms with Crippen LogP contribution in [0.1, 0.15) is 12.6 Å². The molecule has 1 saturated heterocycles. The minimum atomic E-state index is 0.211. The molecule has 1 aliphatic rings. The summed E-state index contributed by atoms with van der Waals surface area (Å²) in [5.41, 5.74) is 0.961. The average molecular weight is 291 g/mol. The van der Waals surface area contributed by atoms with Crippen molar-refractivity contribution in [3.63, 3.8) is 0 Å². The van der Waals surface area contributed by atoms with Gasteiger partial charge in [0.2, 0.25) is 0 Å². The second-order valence-corrected chi connectivity index (χ2v) is 5.15. The van der Waals surface area contributed by atoms with E-state index in [0.717, 1.165) is 44.4 Å². The number of nitrogens with zero attached hydrogens (tertiary/aromatic N) is 3. The summed E-state index contributed by atoms with van der Waals surface area (Å²) in [6.07, 6.45) is 2.00. The van der Waals surface area contributed by atoms with Crippen molar-refractivity contribution in [3.8, 4) is 0 Å². The number of guanidine groups is 1. The Bertz CT molecular complexity index is 437. The third-order valence-electron chi connectivity index (χ3n) is 3.31. The van der Waals surface area contributed by atoms with E-state index in [1.165, 1.54) is 0 Å². The summed E-state index contributed by atoms with van der Waals surface area (Å²) in [6, 6.07) is 5.86. The van der Waals surface area contributed by atoms with Crippen LogP contribution in [0.15, 0.2) is 29.4 Å². The number of likely N-dealkylation sites (N-methyl/N-ethyl adjacent to an activating group) is 1. The van der Waals surface area contributed by atoms with Gasteiger partial charge < -0.3 is 20.3 Å². The molecule has 1 fully saturated rings. The fourth-order valence-electron chi connectivity index (χ4n) is 2.19. The van der Waals surface area contributed by atoms with Crippen LogP contribution in [0.5, 0.6) is 0 Å². The molecule has 1 unspecified atom stereocenters. The molecule has 1 aliphatic heterocycles. The quantitative estimate of drug-likeness (QED) is 0.610. The SMILES string of the molecule is CCNC(=NCc1ccccn1)NCC1CN(C)CCO1. The van der Waals surface area contributed by atoms with Crippen LogP contribution in [-0.2, 0) is 11.3 Å². The van der Waals surface area contributed by atoms with Crippen molar-refractivity contribution >= 4 is 5.96 Å². The van der Waals surface area contributed by atoms with Gasteiger partial charge in [-0.1, -0.05) is 6.07 Å². The molecule has 1 aromatic heterocycles. The number of pyridine rings is 1. The number of hydrogen-bond acceptors (Lipinski definition) is 4. The minimum absolute atomic E-state index is 0.211. The predicted octanol–water partition coefficient (Wildman–Crippen LogP) is 0.467. The highest BCUT2D eigenvalue weighted by atomic mass is 16.5. The van der Waals surface area contributed by atoms with E-state index in [9.17, 15) is 0 Å². The first-order chi connectivity index (χ1) is 10.3. The highest BCUT2D eigenvalue weighted by molar-refractivity contribution is 5.79. The number of nitrogens with one attached hydrogen (secondary N) is 2. The van der Waals surface area contributed by atoms with Gasteiger partial charge in [-0.3, -0.25) is 4.98 Å². The Morgan fingerprint density at radius 3 is 3.10 bits per heavy atom. The van der Waals surface area contributed by atoms with E-state index < -0.39 is 0 Å². The topological polar surface area (TPSA) is 61.8 Å². The molecule has 0 saturated carbocycles. The number of hydrogen-bond donors (Lipinski definition) is 2. The molecule has 1 atom stereocenters. The summed E-state index contributed by atoms with van der Waals surface area (Å²) in [4.78, 5) is 11.1. The Labute approximate surface area is 126 Å². The molecule has 6 nitrogen and oxygen atoms in total. The molecular weight excluding hydrogens is 266 g/mol. The molecule has 21 heavy (non-hydrogen) atoms. The fourth-order valence-corrected chi connectivity index (χ4v) is 2.19. The molecule has 2 rings (SSSR count). The smallest absolute Gasteiger partial charge is 0.191 e. The lowest BCUT2D eigenvalue weighted by Crippen LogP contribution is -2.48.